The van der Waals surface area contributed by atoms with Gasteiger partial charge in [-0.1, -0.05) is 29.8 Å². The number of halogens is 1. The maximum atomic E-state index is 12.4. The predicted molar refractivity (Wildman–Crippen MR) is 102 cm³/mol. The highest BCUT2D eigenvalue weighted by Crippen LogP contribution is 2.24. The molecule has 0 unspecified atom stereocenters. The van der Waals surface area contributed by atoms with Crippen LogP contribution >= 0.6 is 22.9 Å². The van der Waals surface area contributed by atoms with E-state index in [0.29, 0.717) is 22.8 Å². The number of nitrogens with zero attached hydrogens (tertiary/aromatic N) is 1. The molecule has 0 aliphatic carbocycles. The van der Waals surface area contributed by atoms with Crippen molar-refractivity contribution in [1.29, 1.82) is 0 Å². The van der Waals surface area contributed by atoms with Crippen molar-refractivity contribution in [3.8, 4) is 5.75 Å². The van der Waals surface area contributed by atoms with Gasteiger partial charge in [-0.15, -0.1) is 11.3 Å². The summed E-state index contributed by atoms with van der Waals surface area (Å²) in [6.07, 6.45) is 0.679. The van der Waals surface area contributed by atoms with Crippen LogP contribution in [0.15, 0.2) is 47.8 Å². The number of anilines is 1. The van der Waals surface area contributed by atoms with Crippen LogP contribution in [0.4, 0.5) is 5.69 Å². The minimum atomic E-state index is -0.234. The monoisotopic (exact) mass is 372 g/mol. The molecule has 3 aromatic rings. The number of rotatable bonds is 5. The molecule has 1 amide bonds. The van der Waals surface area contributed by atoms with Crippen LogP contribution in [0.3, 0.4) is 0 Å². The second-order valence-corrected chi connectivity index (χ2v) is 6.87. The molecule has 0 saturated carbocycles. The SMILES string of the molecule is COc1ccc(Cc2nc(C(=O)Nc3cccc(Cl)c3C)cs2)cc1. The van der Waals surface area contributed by atoms with Gasteiger partial charge in [0.05, 0.1) is 12.1 Å². The number of thiazole rings is 1. The molecule has 128 valence electrons. The van der Waals surface area contributed by atoms with Gasteiger partial charge in [-0.25, -0.2) is 4.98 Å². The van der Waals surface area contributed by atoms with Crippen LogP contribution in [0, 0.1) is 6.92 Å². The van der Waals surface area contributed by atoms with Crippen LogP contribution in [0.25, 0.3) is 0 Å². The highest BCUT2D eigenvalue weighted by atomic mass is 35.5. The molecule has 0 bridgehead atoms. The lowest BCUT2D eigenvalue weighted by Gasteiger charge is -2.08. The Morgan fingerprint density at radius 3 is 2.72 bits per heavy atom. The van der Waals surface area contributed by atoms with E-state index in [1.54, 1.807) is 24.6 Å². The number of hydrogen-bond donors (Lipinski definition) is 1. The molecule has 0 spiro atoms. The number of methoxy groups -OCH3 is 1. The van der Waals surface area contributed by atoms with Gasteiger partial charge in [-0.05, 0) is 42.3 Å². The van der Waals surface area contributed by atoms with Crippen molar-refractivity contribution in [2.75, 3.05) is 12.4 Å². The van der Waals surface area contributed by atoms with Crippen molar-refractivity contribution in [1.82, 2.24) is 4.98 Å². The second kappa shape index (κ2) is 7.68. The smallest absolute Gasteiger partial charge is 0.275 e. The number of hydrogen-bond acceptors (Lipinski definition) is 4. The molecule has 0 fully saturated rings. The maximum absolute atomic E-state index is 12.4. The van der Waals surface area contributed by atoms with Gasteiger partial charge in [0.1, 0.15) is 11.4 Å². The number of aromatic nitrogens is 1. The fourth-order valence-corrected chi connectivity index (χ4v) is 3.33. The maximum Gasteiger partial charge on any atom is 0.275 e. The van der Waals surface area contributed by atoms with Crippen LogP contribution in [-0.4, -0.2) is 18.0 Å². The first-order chi connectivity index (χ1) is 12.1. The van der Waals surface area contributed by atoms with Gasteiger partial charge in [0.25, 0.3) is 5.91 Å². The molecule has 6 heteroatoms. The van der Waals surface area contributed by atoms with E-state index >= 15 is 0 Å². The van der Waals surface area contributed by atoms with Crippen molar-refractivity contribution < 1.29 is 9.53 Å². The van der Waals surface area contributed by atoms with E-state index in [2.05, 4.69) is 10.3 Å². The lowest BCUT2D eigenvalue weighted by molar-refractivity contribution is 0.102. The van der Waals surface area contributed by atoms with Gasteiger partial charge in [0.2, 0.25) is 0 Å². The first kappa shape index (κ1) is 17.5. The van der Waals surface area contributed by atoms with Crippen molar-refractivity contribution in [2.24, 2.45) is 0 Å². The van der Waals surface area contributed by atoms with Crippen LogP contribution in [-0.2, 0) is 6.42 Å². The highest BCUT2D eigenvalue weighted by molar-refractivity contribution is 7.09. The molecule has 4 nitrogen and oxygen atoms in total. The van der Waals surface area contributed by atoms with E-state index in [1.807, 2.05) is 37.3 Å². The first-order valence-electron chi connectivity index (χ1n) is 7.70. The van der Waals surface area contributed by atoms with Crippen molar-refractivity contribution >= 4 is 34.5 Å². The predicted octanol–water partition coefficient (Wildman–Crippen LogP) is 4.96. The summed E-state index contributed by atoms with van der Waals surface area (Å²) in [6.45, 7) is 1.87. The molecule has 0 saturated heterocycles. The molecule has 0 aliphatic rings. The summed E-state index contributed by atoms with van der Waals surface area (Å²) in [5.41, 5.74) is 3.06. The first-order valence-corrected chi connectivity index (χ1v) is 8.96. The molecule has 3 rings (SSSR count). The van der Waals surface area contributed by atoms with Gasteiger partial charge < -0.3 is 10.1 Å². The summed E-state index contributed by atoms with van der Waals surface area (Å²) in [7, 11) is 1.64. The summed E-state index contributed by atoms with van der Waals surface area (Å²) in [6, 6.07) is 13.2. The normalized spacial score (nSPS) is 10.5. The number of carbonyl (C=O) groups excluding carboxylic acids is 1. The summed E-state index contributed by atoms with van der Waals surface area (Å²) in [5, 5.41) is 6.14. The number of carbonyl (C=O) groups is 1. The Labute approximate surface area is 155 Å². The Bertz CT molecular complexity index is 891. The zero-order chi connectivity index (χ0) is 17.8. The largest absolute Gasteiger partial charge is 0.497 e. The van der Waals surface area contributed by atoms with E-state index in [-0.39, 0.29) is 5.91 Å². The van der Waals surface area contributed by atoms with E-state index in [9.17, 15) is 4.79 Å². The van der Waals surface area contributed by atoms with Crippen LogP contribution < -0.4 is 10.1 Å². The third-order valence-corrected chi connectivity index (χ3v) is 5.07. The molecular weight excluding hydrogens is 356 g/mol. The van der Waals surface area contributed by atoms with Crippen LogP contribution in [0.2, 0.25) is 5.02 Å². The van der Waals surface area contributed by atoms with E-state index in [0.717, 1.165) is 21.9 Å². The molecule has 0 aliphatic heterocycles. The van der Waals surface area contributed by atoms with Crippen molar-refractivity contribution in [2.45, 2.75) is 13.3 Å². The molecular formula is C19H17ClN2O2S. The van der Waals surface area contributed by atoms with Gasteiger partial charge in [0.15, 0.2) is 0 Å². The quantitative estimate of drug-likeness (QED) is 0.688. The standard InChI is InChI=1S/C19H17ClN2O2S/c1-12-15(20)4-3-5-16(12)22-19(23)17-11-25-18(21-17)10-13-6-8-14(24-2)9-7-13/h3-9,11H,10H2,1-2H3,(H,22,23). The Hall–Kier alpha value is -2.37. The minimum absolute atomic E-state index is 0.234. The molecule has 0 radical (unpaired) electrons. The van der Waals surface area contributed by atoms with Gasteiger partial charge in [-0.3, -0.25) is 4.79 Å². The van der Waals surface area contributed by atoms with Crippen LogP contribution in [0.1, 0.15) is 26.6 Å². The second-order valence-electron chi connectivity index (χ2n) is 5.52. The third kappa shape index (κ3) is 4.18. The van der Waals surface area contributed by atoms with Gasteiger partial charge in [-0.2, -0.15) is 0 Å². The van der Waals surface area contributed by atoms with E-state index in [4.69, 9.17) is 16.3 Å². The molecule has 1 heterocycles. The average Bonchev–Trinajstić information content (AvgIpc) is 3.08. The summed E-state index contributed by atoms with van der Waals surface area (Å²) >= 11 is 7.56. The summed E-state index contributed by atoms with van der Waals surface area (Å²) < 4.78 is 5.15. The molecule has 1 N–H and O–H groups in total. The minimum Gasteiger partial charge on any atom is -0.497 e. The molecule has 0 atom stereocenters. The van der Waals surface area contributed by atoms with Gasteiger partial charge in [0, 0.05) is 22.5 Å². The molecule has 25 heavy (non-hydrogen) atoms. The third-order valence-electron chi connectivity index (χ3n) is 3.81. The number of benzene rings is 2. The average molecular weight is 373 g/mol. The summed E-state index contributed by atoms with van der Waals surface area (Å²) in [5.74, 6) is 0.586. The lowest BCUT2D eigenvalue weighted by atomic mass is 10.1. The van der Waals surface area contributed by atoms with Gasteiger partial charge >= 0.3 is 0 Å². The van der Waals surface area contributed by atoms with Crippen molar-refractivity contribution in [3.63, 3.8) is 0 Å². The summed E-state index contributed by atoms with van der Waals surface area (Å²) in [4.78, 5) is 16.8. The zero-order valence-electron chi connectivity index (χ0n) is 13.9. The van der Waals surface area contributed by atoms with Crippen molar-refractivity contribution in [3.05, 3.63) is 74.7 Å². The Morgan fingerprint density at radius 2 is 2.00 bits per heavy atom. The Balaban J connectivity index is 1.69. The van der Waals surface area contributed by atoms with E-state index < -0.39 is 0 Å². The molecule has 1 aromatic heterocycles. The topological polar surface area (TPSA) is 51.2 Å². The highest BCUT2D eigenvalue weighted by Gasteiger charge is 2.13. The molecule has 2 aromatic carbocycles. The lowest BCUT2D eigenvalue weighted by Crippen LogP contribution is -2.13. The number of nitrogens with one attached hydrogen (secondary N) is 1. The fourth-order valence-electron chi connectivity index (χ4n) is 2.34. The number of amides is 1. The number of ether oxygens (including phenoxy) is 1. The Kier molecular flexibility index (Phi) is 5.36. The zero-order valence-corrected chi connectivity index (χ0v) is 15.4. The van der Waals surface area contributed by atoms with Crippen LogP contribution in [0.5, 0.6) is 5.75 Å². The fraction of sp³-hybridized carbons (Fsp3) is 0.158. The van der Waals surface area contributed by atoms with E-state index in [1.165, 1.54) is 11.3 Å². The Morgan fingerprint density at radius 1 is 1.24 bits per heavy atom.